The van der Waals surface area contributed by atoms with Gasteiger partial charge < -0.3 is 9.84 Å². The molecule has 0 amide bonds. The summed E-state index contributed by atoms with van der Waals surface area (Å²) < 4.78 is 31.8. The van der Waals surface area contributed by atoms with Crippen LogP contribution in [-0.2, 0) is 0 Å². The van der Waals surface area contributed by atoms with Crippen LogP contribution in [0.1, 0.15) is 0 Å². The fraction of sp³-hybridized carbons (Fsp3) is 0.143. The van der Waals surface area contributed by atoms with Gasteiger partial charge in [-0.15, -0.1) is 0 Å². The quantitative estimate of drug-likeness (QED) is 0.903. The van der Waals surface area contributed by atoms with E-state index in [4.69, 9.17) is 9.84 Å². The van der Waals surface area contributed by atoms with Gasteiger partial charge in [0.1, 0.15) is 12.4 Å². The van der Waals surface area contributed by atoms with Gasteiger partial charge in [0.25, 0.3) is 0 Å². The summed E-state index contributed by atoms with van der Waals surface area (Å²) >= 11 is 0. The van der Waals surface area contributed by atoms with Crippen molar-refractivity contribution >= 4 is 0 Å². The van der Waals surface area contributed by atoms with Crippen molar-refractivity contribution in [1.29, 1.82) is 0 Å². The van der Waals surface area contributed by atoms with Crippen LogP contribution in [0.5, 0.6) is 5.75 Å². The minimum Gasteiger partial charge on any atom is -0.491 e. The average molecular weight is 250 g/mol. The summed E-state index contributed by atoms with van der Waals surface area (Å²) in [6, 6.07) is 10.6. The molecule has 0 saturated carbocycles. The molecule has 0 spiro atoms. The summed E-state index contributed by atoms with van der Waals surface area (Å²) in [5.41, 5.74) is 0.784. The molecule has 0 unspecified atom stereocenters. The Labute approximate surface area is 103 Å². The summed E-state index contributed by atoms with van der Waals surface area (Å²) in [4.78, 5) is 0. The summed E-state index contributed by atoms with van der Waals surface area (Å²) in [7, 11) is 0. The Morgan fingerprint density at radius 1 is 1.00 bits per heavy atom. The molecule has 0 saturated heterocycles. The van der Waals surface area contributed by atoms with Gasteiger partial charge in [0.2, 0.25) is 0 Å². The molecule has 4 heteroatoms. The molecule has 18 heavy (non-hydrogen) atoms. The van der Waals surface area contributed by atoms with Gasteiger partial charge >= 0.3 is 0 Å². The Bertz CT molecular complexity index is 524. The van der Waals surface area contributed by atoms with Crippen molar-refractivity contribution in [3.63, 3.8) is 0 Å². The molecule has 0 atom stereocenters. The second kappa shape index (κ2) is 5.60. The Morgan fingerprint density at radius 3 is 2.39 bits per heavy atom. The topological polar surface area (TPSA) is 29.5 Å². The van der Waals surface area contributed by atoms with Crippen LogP contribution in [0.2, 0.25) is 0 Å². The average Bonchev–Trinajstić information content (AvgIpc) is 2.40. The van der Waals surface area contributed by atoms with Gasteiger partial charge in [0.15, 0.2) is 11.6 Å². The molecule has 0 bridgehead atoms. The number of aliphatic hydroxyl groups excluding tert-OH is 1. The van der Waals surface area contributed by atoms with E-state index in [0.29, 0.717) is 11.3 Å². The van der Waals surface area contributed by atoms with Crippen molar-refractivity contribution in [2.45, 2.75) is 0 Å². The van der Waals surface area contributed by atoms with E-state index in [1.54, 1.807) is 24.3 Å². The molecule has 2 aromatic rings. The molecule has 2 aromatic carbocycles. The van der Waals surface area contributed by atoms with E-state index in [0.717, 1.165) is 6.07 Å². The standard InChI is InChI=1S/C14H12F2O2/c15-13-3-1-2-12(14(13)16)10-4-6-11(7-5-10)18-9-8-17/h1-7,17H,8-9H2. The highest BCUT2D eigenvalue weighted by Gasteiger charge is 2.09. The first-order valence-corrected chi connectivity index (χ1v) is 5.50. The third-order valence-corrected chi connectivity index (χ3v) is 2.48. The lowest BCUT2D eigenvalue weighted by Crippen LogP contribution is -2.01. The van der Waals surface area contributed by atoms with Crippen LogP contribution in [0, 0.1) is 11.6 Å². The number of benzene rings is 2. The summed E-state index contributed by atoms with van der Waals surface area (Å²) in [5.74, 6) is -1.15. The van der Waals surface area contributed by atoms with Gasteiger partial charge in [-0.05, 0) is 23.8 Å². The maximum atomic E-state index is 13.6. The van der Waals surface area contributed by atoms with Crippen molar-refractivity contribution in [2.24, 2.45) is 0 Å². The van der Waals surface area contributed by atoms with Gasteiger partial charge in [0.05, 0.1) is 6.61 Å². The van der Waals surface area contributed by atoms with Crippen LogP contribution < -0.4 is 4.74 Å². The normalized spacial score (nSPS) is 10.4. The Balaban J connectivity index is 2.26. The number of aliphatic hydroxyl groups is 1. The van der Waals surface area contributed by atoms with Crippen molar-refractivity contribution in [3.8, 4) is 16.9 Å². The molecule has 94 valence electrons. The van der Waals surface area contributed by atoms with E-state index in [1.807, 2.05) is 0 Å². The van der Waals surface area contributed by atoms with Crippen LogP contribution in [0.25, 0.3) is 11.1 Å². The van der Waals surface area contributed by atoms with Gasteiger partial charge in [-0.2, -0.15) is 0 Å². The fourth-order valence-corrected chi connectivity index (χ4v) is 1.62. The zero-order valence-electron chi connectivity index (χ0n) is 9.57. The second-order valence-corrected chi connectivity index (χ2v) is 3.70. The lowest BCUT2D eigenvalue weighted by Gasteiger charge is -2.07. The third-order valence-electron chi connectivity index (χ3n) is 2.48. The molecule has 1 N–H and O–H groups in total. The monoisotopic (exact) mass is 250 g/mol. The number of hydrogen-bond acceptors (Lipinski definition) is 2. The number of hydrogen-bond donors (Lipinski definition) is 1. The predicted molar refractivity (Wildman–Crippen MR) is 64.4 cm³/mol. The van der Waals surface area contributed by atoms with E-state index < -0.39 is 11.6 Å². The number of rotatable bonds is 4. The highest BCUT2D eigenvalue weighted by molar-refractivity contribution is 5.64. The molecular formula is C14H12F2O2. The molecule has 0 aliphatic rings. The Kier molecular flexibility index (Phi) is 3.89. The number of ether oxygens (including phenoxy) is 1. The van der Waals surface area contributed by atoms with Crippen LogP contribution in [-0.4, -0.2) is 18.3 Å². The van der Waals surface area contributed by atoms with Crippen molar-refractivity contribution in [3.05, 3.63) is 54.1 Å². The first-order valence-electron chi connectivity index (χ1n) is 5.50. The van der Waals surface area contributed by atoms with Crippen molar-refractivity contribution in [2.75, 3.05) is 13.2 Å². The number of halogens is 2. The largest absolute Gasteiger partial charge is 0.491 e. The van der Waals surface area contributed by atoms with E-state index in [-0.39, 0.29) is 18.8 Å². The predicted octanol–water partition coefficient (Wildman–Crippen LogP) is 3.00. The maximum absolute atomic E-state index is 13.6. The molecule has 2 rings (SSSR count). The molecule has 0 heterocycles. The minimum atomic E-state index is -0.867. The van der Waals surface area contributed by atoms with Gasteiger partial charge in [0, 0.05) is 5.56 Å². The van der Waals surface area contributed by atoms with E-state index >= 15 is 0 Å². The zero-order chi connectivity index (χ0) is 13.0. The highest BCUT2D eigenvalue weighted by atomic mass is 19.2. The molecule has 0 radical (unpaired) electrons. The summed E-state index contributed by atoms with van der Waals surface area (Å²) in [6.07, 6.45) is 0. The zero-order valence-corrected chi connectivity index (χ0v) is 9.57. The first-order chi connectivity index (χ1) is 8.72. The van der Waals surface area contributed by atoms with Gasteiger partial charge in [-0.1, -0.05) is 24.3 Å². The smallest absolute Gasteiger partial charge is 0.166 e. The fourth-order valence-electron chi connectivity index (χ4n) is 1.62. The Morgan fingerprint density at radius 2 is 1.72 bits per heavy atom. The lowest BCUT2D eigenvalue weighted by molar-refractivity contribution is 0.201. The van der Waals surface area contributed by atoms with Crippen molar-refractivity contribution in [1.82, 2.24) is 0 Å². The molecular weight excluding hydrogens is 238 g/mol. The summed E-state index contributed by atoms with van der Waals surface area (Å²) in [5, 5.41) is 8.61. The van der Waals surface area contributed by atoms with Crippen LogP contribution in [0.4, 0.5) is 8.78 Å². The van der Waals surface area contributed by atoms with Crippen LogP contribution >= 0.6 is 0 Å². The first kappa shape index (κ1) is 12.5. The van der Waals surface area contributed by atoms with Gasteiger partial charge in [-0.3, -0.25) is 0 Å². The van der Waals surface area contributed by atoms with Crippen molar-refractivity contribution < 1.29 is 18.6 Å². The van der Waals surface area contributed by atoms with Crippen LogP contribution in [0.3, 0.4) is 0 Å². The maximum Gasteiger partial charge on any atom is 0.166 e. The van der Waals surface area contributed by atoms with Crippen LogP contribution in [0.15, 0.2) is 42.5 Å². The van der Waals surface area contributed by atoms with E-state index in [1.165, 1.54) is 12.1 Å². The van der Waals surface area contributed by atoms with Gasteiger partial charge in [-0.25, -0.2) is 8.78 Å². The minimum absolute atomic E-state index is 0.0692. The second-order valence-electron chi connectivity index (χ2n) is 3.70. The molecule has 2 nitrogen and oxygen atoms in total. The molecule has 0 aromatic heterocycles. The molecule has 0 fully saturated rings. The SMILES string of the molecule is OCCOc1ccc(-c2cccc(F)c2F)cc1. The van der Waals surface area contributed by atoms with E-state index in [2.05, 4.69) is 0 Å². The molecule has 0 aliphatic heterocycles. The molecule has 0 aliphatic carbocycles. The highest BCUT2D eigenvalue weighted by Crippen LogP contribution is 2.26. The Hall–Kier alpha value is -1.94. The lowest BCUT2D eigenvalue weighted by atomic mass is 10.0. The van der Waals surface area contributed by atoms with E-state index in [9.17, 15) is 8.78 Å². The summed E-state index contributed by atoms with van der Waals surface area (Å²) in [6.45, 7) is 0.133. The third kappa shape index (κ3) is 2.65.